The maximum Gasteiger partial charge on any atom is 0.195 e. The zero-order chi connectivity index (χ0) is 23.2. The Balaban J connectivity index is 1.37. The van der Waals surface area contributed by atoms with Gasteiger partial charge < -0.3 is 14.2 Å². The molecule has 0 spiro atoms. The number of methoxy groups -OCH3 is 1. The number of hydrogen-bond donors (Lipinski definition) is 0. The van der Waals surface area contributed by atoms with Crippen molar-refractivity contribution in [2.75, 3.05) is 45.7 Å². The SMILES string of the molecule is COc1ccc(-n2c(COc3cccc4ccccc34)nnc2SCCN2CCOCC2)cc1. The summed E-state index contributed by atoms with van der Waals surface area (Å²) in [4.78, 5) is 2.43. The Morgan fingerprint density at radius 3 is 2.56 bits per heavy atom. The standard InChI is InChI=1S/C26H28N4O3S/c1-31-22-11-9-21(10-12-22)30-25(19-33-24-8-4-6-20-5-2-3-7-23(20)24)27-28-26(30)34-18-15-29-13-16-32-17-14-29/h2-12H,13-19H2,1H3. The second-order valence-electron chi connectivity index (χ2n) is 8.00. The van der Waals surface area contributed by atoms with Crippen LogP contribution in [0.25, 0.3) is 16.5 Å². The first-order valence-electron chi connectivity index (χ1n) is 11.4. The first-order valence-corrected chi connectivity index (χ1v) is 12.4. The third kappa shape index (κ3) is 5.19. The molecule has 176 valence electrons. The van der Waals surface area contributed by atoms with Gasteiger partial charge in [-0.3, -0.25) is 9.47 Å². The monoisotopic (exact) mass is 476 g/mol. The molecule has 1 aromatic heterocycles. The fourth-order valence-corrected chi connectivity index (χ4v) is 5.00. The molecule has 3 aromatic carbocycles. The third-order valence-electron chi connectivity index (χ3n) is 5.88. The van der Waals surface area contributed by atoms with Crippen LogP contribution in [0.3, 0.4) is 0 Å². The van der Waals surface area contributed by atoms with E-state index in [-0.39, 0.29) is 0 Å². The molecular weight excluding hydrogens is 448 g/mol. The summed E-state index contributed by atoms with van der Waals surface area (Å²) in [6, 6.07) is 22.3. The van der Waals surface area contributed by atoms with Crippen molar-refractivity contribution in [2.45, 2.75) is 11.8 Å². The van der Waals surface area contributed by atoms with E-state index < -0.39 is 0 Å². The lowest BCUT2D eigenvalue weighted by Gasteiger charge is -2.26. The van der Waals surface area contributed by atoms with E-state index in [2.05, 4.69) is 37.9 Å². The van der Waals surface area contributed by atoms with Crippen LogP contribution in [0, 0.1) is 0 Å². The maximum absolute atomic E-state index is 6.25. The molecule has 1 aliphatic heterocycles. The van der Waals surface area contributed by atoms with Crippen LogP contribution in [0.5, 0.6) is 11.5 Å². The summed E-state index contributed by atoms with van der Waals surface area (Å²) in [7, 11) is 1.67. The molecule has 0 unspecified atom stereocenters. The fourth-order valence-electron chi connectivity index (χ4n) is 4.03. The predicted molar refractivity (Wildman–Crippen MR) is 134 cm³/mol. The number of nitrogens with zero attached hydrogens (tertiary/aromatic N) is 4. The molecule has 1 fully saturated rings. The van der Waals surface area contributed by atoms with Crippen molar-refractivity contribution in [3.05, 3.63) is 72.6 Å². The van der Waals surface area contributed by atoms with Crippen LogP contribution in [-0.4, -0.2) is 65.4 Å². The minimum Gasteiger partial charge on any atom is -0.497 e. The molecule has 5 rings (SSSR count). The highest BCUT2D eigenvalue weighted by Crippen LogP contribution is 2.28. The molecule has 0 amide bonds. The Bertz CT molecular complexity index is 1220. The van der Waals surface area contributed by atoms with E-state index >= 15 is 0 Å². The lowest BCUT2D eigenvalue weighted by atomic mass is 10.1. The smallest absolute Gasteiger partial charge is 0.195 e. The maximum atomic E-state index is 6.25. The third-order valence-corrected chi connectivity index (χ3v) is 6.79. The van der Waals surface area contributed by atoms with E-state index in [1.54, 1.807) is 18.9 Å². The molecule has 0 bridgehead atoms. The minimum absolute atomic E-state index is 0.317. The van der Waals surface area contributed by atoms with Gasteiger partial charge in [-0.25, -0.2) is 0 Å². The van der Waals surface area contributed by atoms with Gasteiger partial charge in [0.05, 0.1) is 20.3 Å². The highest BCUT2D eigenvalue weighted by molar-refractivity contribution is 7.99. The van der Waals surface area contributed by atoms with E-state index in [1.165, 1.54) is 0 Å². The van der Waals surface area contributed by atoms with Crippen molar-refractivity contribution in [2.24, 2.45) is 0 Å². The number of ether oxygens (including phenoxy) is 3. The Morgan fingerprint density at radius 2 is 1.74 bits per heavy atom. The van der Waals surface area contributed by atoms with Crippen molar-refractivity contribution >= 4 is 22.5 Å². The molecule has 34 heavy (non-hydrogen) atoms. The zero-order valence-corrected chi connectivity index (χ0v) is 20.0. The van der Waals surface area contributed by atoms with Gasteiger partial charge in [0.15, 0.2) is 11.0 Å². The highest BCUT2D eigenvalue weighted by atomic mass is 32.2. The molecule has 8 heteroatoms. The average Bonchev–Trinajstić information content (AvgIpc) is 3.30. The van der Waals surface area contributed by atoms with Crippen molar-refractivity contribution in [1.82, 2.24) is 19.7 Å². The Hall–Kier alpha value is -3.07. The van der Waals surface area contributed by atoms with Crippen LogP contribution in [0.4, 0.5) is 0 Å². The molecule has 1 aliphatic rings. The van der Waals surface area contributed by atoms with Crippen LogP contribution in [0.2, 0.25) is 0 Å². The van der Waals surface area contributed by atoms with Gasteiger partial charge in [0.25, 0.3) is 0 Å². The minimum atomic E-state index is 0.317. The number of thioether (sulfide) groups is 1. The van der Waals surface area contributed by atoms with E-state index in [0.29, 0.717) is 6.61 Å². The predicted octanol–water partition coefficient (Wildman–Crippen LogP) is 4.43. The van der Waals surface area contributed by atoms with Crippen molar-refractivity contribution in [3.8, 4) is 17.2 Å². The molecule has 4 aromatic rings. The van der Waals surface area contributed by atoms with Gasteiger partial charge in [-0.1, -0.05) is 48.2 Å². The molecule has 2 heterocycles. The van der Waals surface area contributed by atoms with E-state index in [4.69, 9.17) is 14.2 Å². The van der Waals surface area contributed by atoms with Gasteiger partial charge in [0.2, 0.25) is 0 Å². The Kier molecular flexibility index (Phi) is 7.28. The van der Waals surface area contributed by atoms with Gasteiger partial charge in [-0.2, -0.15) is 0 Å². The van der Waals surface area contributed by atoms with Crippen molar-refractivity contribution in [1.29, 1.82) is 0 Å². The normalized spacial score (nSPS) is 14.4. The van der Waals surface area contributed by atoms with Gasteiger partial charge in [-0.15, -0.1) is 10.2 Å². The fraction of sp³-hybridized carbons (Fsp3) is 0.308. The summed E-state index contributed by atoms with van der Waals surface area (Å²) in [6.07, 6.45) is 0. The molecule has 0 N–H and O–H groups in total. The second-order valence-corrected chi connectivity index (χ2v) is 9.06. The Morgan fingerprint density at radius 1 is 0.941 bits per heavy atom. The molecule has 0 atom stereocenters. The zero-order valence-electron chi connectivity index (χ0n) is 19.2. The van der Waals surface area contributed by atoms with E-state index in [0.717, 1.165) is 77.5 Å². The van der Waals surface area contributed by atoms with Crippen LogP contribution in [0.1, 0.15) is 5.82 Å². The number of hydrogen-bond acceptors (Lipinski definition) is 7. The van der Waals surface area contributed by atoms with Crippen LogP contribution in [0.15, 0.2) is 71.9 Å². The summed E-state index contributed by atoms with van der Waals surface area (Å²) < 4.78 is 19.1. The number of rotatable bonds is 9. The quantitative estimate of drug-likeness (QED) is 0.331. The first kappa shape index (κ1) is 22.7. The van der Waals surface area contributed by atoms with Crippen molar-refractivity contribution in [3.63, 3.8) is 0 Å². The number of benzene rings is 3. The molecule has 1 saturated heterocycles. The summed E-state index contributed by atoms with van der Waals surface area (Å²) in [5.74, 6) is 3.33. The summed E-state index contributed by atoms with van der Waals surface area (Å²) >= 11 is 1.71. The Labute approximate surface area is 203 Å². The second kappa shape index (κ2) is 10.9. The number of fused-ring (bicyclic) bond motifs is 1. The lowest BCUT2D eigenvalue weighted by Crippen LogP contribution is -2.37. The van der Waals surface area contributed by atoms with E-state index in [9.17, 15) is 0 Å². The number of aromatic nitrogens is 3. The van der Waals surface area contributed by atoms with Gasteiger partial charge >= 0.3 is 0 Å². The lowest BCUT2D eigenvalue weighted by molar-refractivity contribution is 0.0410. The molecular formula is C26H28N4O3S. The topological polar surface area (TPSA) is 61.6 Å². The van der Waals surface area contributed by atoms with Gasteiger partial charge in [0, 0.05) is 36.5 Å². The van der Waals surface area contributed by atoms with Crippen molar-refractivity contribution < 1.29 is 14.2 Å². The van der Waals surface area contributed by atoms with E-state index in [1.807, 2.05) is 48.5 Å². The average molecular weight is 477 g/mol. The van der Waals surface area contributed by atoms with Crippen LogP contribution < -0.4 is 9.47 Å². The molecule has 0 radical (unpaired) electrons. The van der Waals surface area contributed by atoms with Crippen LogP contribution >= 0.6 is 11.8 Å². The summed E-state index contributed by atoms with van der Waals surface area (Å²) in [6.45, 7) is 4.89. The summed E-state index contributed by atoms with van der Waals surface area (Å²) in [5.41, 5.74) is 0.983. The first-order chi connectivity index (χ1) is 16.8. The summed E-state index contributed by atoms with van der Waals surface area (Å²) in [5, 5.41) is 12.1. The van der Waals surface area contributed by atoms with Crippen LogP contribution in [-0.2, 0) is 11.3 Å². The molecule has 0 saturated carbocycles. The van der Waals surface area contributed by atoms with Gasteiger partial charge in [0.1, 0.15) is 18.1 Å². The largest absolute Gasteiger partial charge is 0.497 e. The highest BCUT2D eigenvalue weighted by Gasteiger charge is 2.17. The molecule has 0 aliphatic carbocycles. The molecule has 7 nitrogen and oxygen atoms in total. The van der Waals surface area contributed by atoms with Gasteiger partial charge in [-0.05, 0) is 35.7 Å². The number of morpholine rings is 1.